The zero-order valence-electron chi connectivity index (χ0n) is 32.9. The Bertz CT molecular complexity index is 1680. The van der Waals surface area contributed by atoms with Crippen molar-refractivity contribution in [1.82, 2.24) is 24.5 Å². The Kier molecular flexibility index (Phi) is 16.0. The molecule has 0 saturated carbocycles. The number of carboxylic acid groups (broad SMARTS) is 2. The second-order valence-electron chi connectivity index (χ2n) is 15.9. The lowest BCUT2D eigenvalue weighted by Gasteiger charge is -2.43. The van der Waals surface area contributed by atoms with Gasteiger partial charge in [0.25, 0.3) is 0 Å². The summed E-state index contributed by atoms with van der Waals surface area (Å²) in [7, 11) is 2.18. The van der Waals surface area contributed by atoms with Crippen molar-refractivity contribution in [3.8, 4) is 0 Å². The number of piperazine rings is 1. The van der Waals surface area contributed by atoms with E-state index in [0.717, 1.165) is 110 Å². The molecule has 0 bridgehead atoms. The first kappa shape index (κ1) is 45.4. The molecule has 6 rings (SSSR count). The summed E-state index contributed by atoms with van der Waals surface area (Å²) in [4.78, 5) is 44.7. The summed E-state index contributed by atoms with van der Waals surface area (Å²) in [5, 5.41) is 35.6. The van der Waals surface area contributed by atoms with Crippen LogP contribution >= 0.6 is 11.6 Å². The summed E-state index contributed by atoms with van der Waals surface area (Å²) in [5.41, 5.74) is 7.17. The zero-order valence-corrected chi connectivity index (χ0v) is 33.7. The topological polar surface area (TPSA) is 186 Å². The number of amides is 2. The van der Waals surface area contributed by atoms with Crippen molar-refractivity contribution in [1.29, 1.82) is 0 Å². The Morgan fingerprint density at radius 2 is 1.47 bits per heavy atom. The van der Waals surface area contributed by atoms with Gasteiger partial charge in [-0.3, -0.25) is 4.90 Å². The van der Waals surface area contributed by atoms with E-state index in [9.17, 15) is 27.6 Å². The lowest BCUT2D eigenvalue weighted by atomic mass is 9.92. The molecule has 0 aliphatic carbocycles. The number of aliphatic hydroxyl groups is 2. The minimum atomic E-state index is -4.55. The van der Waals surface area contributed by atoms with Gasteiger partial charge in [0, 0.05) is 70.1 Å². The van der Waals surface area contributed by atoms with E-state index in [1.807, 2.05) is 23.1 Å². The highest BCUT2D eigenvalue weighted by Gasteiger charge is 2.35. The number of nitrogens with two attached hydrogens (primary N) is 1. The van der Waals surface area contributed by atoms with Gasteiger partial charge in [-0.05, 0) is 107 Å². The van der Waals surface area contributed by atoms with Gasteiger partial charge in [0.15, 0.2) is 12.2 Å². The van der Waals surface area contributed by atoms with Crippen LogP contribution in [0.15, 0.2) is 36.4 Å². The Balaban J connectivity index is 0.000000567. The second-order valence-corrected chi connectivity index (χ2v) is 16.3. The molecule has 2 unspecified atom stereocenters. The SMILES string of the molecule is CN1CCN(C2CCN(C[C@H](CCN3CCC(N4CCc5ccccc5NC4=O)CC3)Cc3cc(Cl)c(N)c(C(F)(F)F)c3)CC2)CC1.O=C(O)C(O)C(O)C(=O)O. The first-order valence-corrected chi connectivity index (χ1v) is 20.4. The summed E-state index contributed by atoms with van der Waals surface area (Å²) in [5.74, 6) is -3.36. The predicted molar refractivity (Wildman–Crippen MR) is 214 cm³/mol. The number of nitrogen functional groups attached to an aromatic ring is 1. The molecule has 0 spiro atoms. The molecule has 4 heterocycles. The molecule has 4 aliphatic rings. The Labute approximate surface area is 342 Å². The summed E-state index contributed by atoms with van der Waals surface area (Å²) < 4.78 is 41.4. The van der Waals surface area contributed by atoms with Crippen molar-refractivity contribution in [2.75, 3.05) is 90.1 Å². The largest absolute Gasteiger partial charge is 0.479 e. The number of anilines is 2. The maximum Gasteiger partial charge on any atom is 0.418 e. The summed E-state index contributed by atoms with van der Waals surface area (Å²) in [6.45, 7) is 10.7. The fourth-order valence-electron chi connectivity index (χ4n) is 8.46. The number of carbonyl (C=O) groups excluding carboxylic acids is 1. The van der Waals surface area contributed by atoms with Gasteiger partial charge in [0.2, 0.25) is 0 Å². The van der Waals surface area contributed by atoms with E-state index < -0.39 is 41.6 Å². The summed E-state index contributed by atoms with van der Waals surface area (Å²) in [6.07, 6.45) is -2.76. The van der Waals surface area contributed by atoms with Crippen molar-refractivity contribution in [2.45, 2.75) is 75.4 Å². The molecule has 0 radical (unpaired) electrons. The Hall–Kier alpha value is -3.71. The van der Waals surface area contributed by atoms with Crippen LogP contribution in [0.2, 0.25) is 5.02 Å². The molecule has 3 saturated heterocycles. The van der Waals surface area contributed by atoms with E-state index >= 15 is 0 Å². The number of aliphatic hydroxyl groups excluding tert-OH is 2. The number of carboxylic acids is 2. The van der Waals surface area contributed by atoms with Crippen LogP contribution in [0.4, 0.5) is 29.3 Å². The van der Waals surface area contributed by atoms with Crippen molar-refractivity contribution >= 4 is 40.9 Å². The summed E-state index contributed by atoms with van der Waals surface area (Å²) >= 11 is 6.24. The number of likely N-dealkylation sites (N-methyl/N-ethyl adjacent to an activating group) is 1. The first-order chi connectivity index (χ1) is 27.5. The molecule has 14 nitrogen and oxygen atoms in total. The van der Waals surface area contributed by atoms with E-state index in [2.05, 4.69) is 38.0 Å². The Morgan fingerprint density at radius 1 is 0.879 bits per heavy atom. The number of para-hydroxylation sites is 1. The van der Waals surface area contributed by atoms with Crippen LogP contribution in [0.25, 0.3) is 0 Å². The van der Waals surface area contributed by atoms with E-state index in [4.69, 9.17) is 37.8 Å². The lowest BCUT2D eigenvalue weighted by molar-refractivity contribution is -0.165. The van der Waals surface area contributed by atoms with Gasteiger partial charge < -0.3 is 51.1 Å². The number of hydrogen-bond acceptors (Lipinski definition) is 10. The third kappa shape index (κ3) is 12.4. The second kappa shape index (κ2) is 20.5. The van der Waals surface area contributed by atoms with Crippen LogP contribution in [-0.4, -0.2) is 166 Å². The van der Waals surface area contributed by atoms with Gasteiger partial charge in [0.05, 0.1) is 16.3 Å². The predicted octanol–water partition coefficient (Wildman–Crippen LogP) is 3.63. The molecule has 3 atom stereocenters. The molecule has 7 N–H and O–H groups in total. The number of rotatable bonds is 12. The minimum absolute atomic E-state index is 0.0183. The lowest BCUT2D eigenvalue weighted by Crippen LogP contribution is -2.52. The molecule has 58 heavy (non-hydrogen) atoms. The van der Waals surface area contributed by atoms with E-state index in [-0.39, 0.29) is 23.0 Å². The average Bonchev–Trinajstić information content (AvgIpc) is 3.36. The van der Waals surface area contributed by atoms with Gasteiger partial charge in [-0.2, -0.15) is 13.2 Å². The Morgan fingerprint density at radius 3 is 2.07 bits per heavy atom. The molecular formula is C40H57ClF3N7O7. The van der Waals surface area contributed by atoms with Crippen molar-refractivity contribution in [3.63, 3.8) is 0 Å². The van der Waals surface area contributed by atoms with Gasteiger partial charge in [0.1, 0.15) is 0 Å². The fourth-order valence-corrected chi connectivity index (χ4v) is 8.71. The smallest absolute Gasteiger partial charge is 0.418 e. The maximum atomic E-state index is 13.8. The molecule has 322 valence electrons. The third-order valence-corrected chi connectivity index (χ3v) is 12.3. The number of benzene rings is 2. The van der Waals surface area contributed by atoms with Gasteiger partial charge in [-0.25, -0.2) is 14.4 Å². The number of aliphatic carboxylic acids is 2. The summed E-state index contributed by atoms with van der Waals surface area (Å²) in [6, 6.07) is 11.6. The molecule has 4 aliphatic heterocycles. The molecule has 3 fully saturated rings. The van der Waals surface area contributed by atoms with Crippen molar-refractivity contribution < 1.29 is 48.0 Å². The van der Waals surface area contributed by atoms with E-state index in [1.54, 1.807) is 6.07 Å². The van der Waals surface area contributed by atoms with Gasteiger partial charge >= 0.3 is 24.1 Å². The molecule has 2 aromatic rings. The van der Waals surface area contributed by atoms with Gasteiger partial charge in [-0.15, -0.1) is 0 Å². The number of hydrogen-bond donors (Lipinski definition) is 6. The number of alkyl halides is 3. The first-order valence-electron chi connectivity index (χ1n) is 20.0. The monoisotopic (exact) mass is 839 g/mol. The number of likely N-dealkylation sites (tertiary alicyclic amines) is 2. The van der Waals surface area contributed by atoms with Crippen LogP contribution in [0.1, 0.15) is 48.8 Å². The zero-order chi connectivity index (χ0) is 42.1. The molecule has 0 aromatic heterocycles. The number of carbonyl (C=O) groups is 3. The van der Waals surface area contributed by atoms with Crippen LogP contribution in [0.3, 0.4) is 0 Å². The molecule has 2 amide bonds. The highest BCUT2D eigenvalue weighted by molar-refractivity contribution is 6.33. The quantitative estimate of drug-likeness (QED) is 0.171. The van der Waals surface area contributed by atoms with Crippen LogP contribution in [-0.2, 0) is 28.6 Å². The van der Waals surface area contributed by atoms with Gasteiger partial charge in [-0.1, -0.05) is 29.8 Å². The third-order valence-electron chi connectivity index (χ3n) is 11.9. The normalized spacial score (nSPS) is 21.2. The number of nitrogens with zero attached hydrogens (tertiary/aromatic N) is 5. The highest BCUT2D eigenvalue weighted by Crippen LogP contribution is 2.38. The standard InChI is InChI=1S/C36H51ClF3N7O.C4H6O6/c1-43-18-20-46(21-19-43)29-8-15-45(16-9-29)25-26(22-27-23-31(36(38,39)40)34(41)32(37)24-27)6-12-44-13-10-30(11-14-44)47-17-7-28-4-2-3-5-33(28)42-35(47)48;5-1(3(7)8)2(6)4(9)10/h2-5,23-24,26,29-30H,6-22,25,41H2,1H3,(H,42,48);1-2,5-6H,(H,7,8)(H,9,10)/t26-;/m1./s1. The molecule has 18 heteroatoms. The molecule has 2 aromatic carbocycles. The maximum absolute atomic E-state index is 13.8. The number of piperidine rings is 2. The van der Waals surface area contributed by atoms with Crippen molar-refractivity contribution in [2.24, 2.45) is 5.92 Å². The van der Waals surface area contributed by atoms with Crippen LogP contribution in [0.5, 0.6) is 0 Å². The molecular weight excluding hydrogens is 783 g/mol. The van der Waals surface area contributed by atoms with E-state index in [1.165, 1.54) is 11.6 Å². The van der Waals surface area contributed by atoms with Crippen LogP contribution in [0, 0.1) is 5.92 Å². The number of nitrogens with one attached hydrogen (secondary N) is 1. The number of halogens is 4. The minimum Gasteiger partial charge on any atom is -0.479 e. The average molecular weight is 840 g/mol. The number of fused-ring (bicyclic) bond motifs is 1. The van der Waals surface area contributed by atoms with Crippen LogP contribution < -0.4 is 11.1 Å². The van der Waals surface area contributed by atoms with E-state index in [0.29, 0.717) is 24.6 Å². The fraction of sp³-hybridized carbons (Fsp3) is 0.625. The highest BCUT2D eigenvalue weighted by atomic mass is 35.5. The number of urea groups is 1. The van der Waals surface area contributed by atoms with Crippen molar-refractivity contribution in [3.05, 3.63) is 58.1 Å².